The molecule has 134 valence electrons. The molecule has 1 fully saturated rings. The fourth-order valence-electron chi connectivity index (χ4n) is 3.20. The maximum atomic E-state index is 12.8. The van der Waals surface area contributed by atoms with Crippen LogP contribution in [0.2, 0.25) is 0 Å². The van der Waals surface area contributed by atoms with Gasteiger partial charge in [-0.15, -0.1) is 6.58 Å². The Bertz CT molecular complexity index is 1050. The number of hydrogen-bond donors (Lipinski definition) is 1. The van der Waals surface area contributed by atoms with Gasteiger partial charge in [-0.2, -0.15) is 0 Å². The van der Waals surface area contributed by atoms with Crippen molar-refractivity contribution >= 4 is 22.8 Å². The van der Waals surface area contributed by atoms with Crippen LogP contribution in [0.15, 0.2) is 47.0 Å². The van der Waals surface area contributed by atoms with E-state index in [-0.39, 0.29) is 5.56 Å². The van der Waals surface area contributed by atoms with Crippen LogP contribution in [-0.4, -0.2) is 35.7 Å². The van der Waals surface area contributed by atoms with Crippen molar-refractivity contribution in [3.05, 3.63) is 53.1 Å². The van der Waals surface area contributed by atoms with Gasteiger partial charge in [-0.1, -0.05) is 23.9 Å². The molecule has 3 aromatic heterocycles. The van der Waals surface area contributed by atoms with Gasteiger partial charge in [-0.05, 0) is 37.7 Å². The number of rotatable bonds is 5. The molecule has 1 N–H and O–H groups in total. The van der Waals surface area contributed by atoms with Crippen molar-refractivity contribution in [2.24, 2.45) is 0 Å². The molecule has 0 unspecified atom stereocenters. The minimum Gasteiger partial charge on any atom is -0.384 e. The maximum Gasteiger partial charge on any atom is 0.278 e. The Kier molecular flexibility index (Phi) is 4.16. The molecule has 1 aliphatic carbocycles. The maximum absolute atomic E-state index is 12.8. The van der Waals surface area contributed by atoms with Gasteiger partial charge in [-0.25, -0.2) is 24.3 Å². The minimum atomic E-state index is -0.873. The average Bonchev–Trinajstić information content (AvgIpc) is 2.91. The van der Waals surface area contributed by atoms with Crippen LogP contribution in [-0.2, 0) is 12.1 Å². The van der Waals surface area contributed by atoms with Crippen LogP contribution in [0.5, 0.6) is 0 Å². The summed E-state index contributed by atoms with van der Waals surface area (Å²) in [5, 5.41) is 11.6. The van der Waals surface area contributed by atoms with E-state index >= 15 is 0 Å². The van der Waals surface area contributed by atoms with Crippen molar-refractivity contribution in [3.8, 4) is 5.82 Å². The van der Waals surface area contributed by atoms with Crippen LogP contribution in [0.25, 0.3) is 16.9 Å². The van der Waals surface area contributed by atoms with E-state index in [4.69, 9.17) is 0 Å². The second-order valence-electron chi connectivity index (χ2n) is 6.35. The third kappa shape index (κ3) is 2.57. The lowest BCUT2D eigenvalue weighted by atomic mass is 9.77. The first-order chi connectivity index (χ1) is 12.6. The van der Waals surface area contributed by atoms with Crippen molar-refractivity contribution in [3.63, 3.8) is 0 Å². The molecule has 0 atom stereocenters. The largest absolute Gasteiger partial charge is 0.384 e. The van der Waals surface area contributed by atoms with Gasteiger partial charge in [-0.3, -0.25) is 4.79 Å². The van der Waals surface area contributed by atoms with E-state index in [9.17, 15) is 9.90 Å². The van der Waals surface area contributed by atoms with Crippen LogP contribution in [0.4, 0.5) is 0 Å². The molecule has 1 saturated carbocycles. The summed E-state index contributed by atoms with van der Waals surface area (Å²) in [7, 11) is 0. The highest BCUT2D eigenvalue weighted by atomic mass is 32.2. The highest BCUT2D eigenvalue weighted by Gasteiger charge is 2.37. The molecule has 0 bridgehead atoms. The summed E-state index contributed by atoms with van der Waals surface area (Å²) in [5.74, 6) is 0.544. The summed E-state index contributed by atoms with van der Waals surface area (Å²) in [4.78, 5) is 26.2. The van der Waals surface area contributed by atoms with E-state index in [1.807, 2.05) is 24.5 Å². The number of pyridine rings is 1. The van der Waals surface area contributed by atoms with Crippen molar-refractivity contribution in [2.75, 3.05) is 6.26 Å². The van der Waals surface area contributed by atoms with Gasteiger partial charge in [0.2, 0.25) is 0 Å². The number of hydrogen-bond acceptors (Lipinski definition) is 6. The number of allylic oxidation sites excluding steroid dienone is 1. The molecular weight excluding hydrogens is 350 g/mol. The van der Waals surface area contributed by atoms with Crippen molar-refractivity contribution in [1.82, 2.24) is 24.3 Å². The smallest absolute Gasteiger partial charge is 0.278 e. The van der Waals surface area contributed by atoms with E-state index in [0.717, 1.165) is 6.42 Å². The molecule has 4 rings (SSSR count). The molecular formula is C18H19N5O2S. The average molecular weight is 369 g/mol. The minimum absolute atomic E-state index is 0.192. The zero-order valence-corrected chi connectivity index (χ0v) is 15.2. The molecule has 0 spiro atoms. The SMILES string of the molecule is C=CCn1c(=O)c2cnc(SC)nc2n1-c1cccc(C2(O)CCC2)n1. The standard InChI is InChI=1S/C18H19N5O2S/c1-3-10-22-16(24)12-11-19-17(26-2)21-15(12)23(22)14-7-4-6-13(20-14)18(25)8-5-9-18/h3-4,6-7,11,25H,1,5,8-10H2,2H3. The molecule has 0 saturated heterocycles. The third-order valence-electron chi connectivity index (χ3n) is 4.75. The van der Waals surface area contributed by atoms with Crippen LogP contribution >= 0.6 is 11.8 Å². The summed E-state index contributed by atoms with van der Waals surface area (Å²) in [5.41, 5.74) is 0.0606. The summed E-state index contributed by atoms with van der Waals surface area (Å²) in [6, 6.07) is 5.48. The second kappa shape index (κ2) is 6.37. The summed E-state index contributed by atoms with van der Waals surface area (Å²) in [6.07, 6.45) is 7.48. The monoisotopic (exact) mass is 369 g/mol. The Labute approximate surface area is 154 Å². The number of thioether (sulfide) groups is 1. The first-order valence-corrected chi connectivity index (χ1v) is 9.63. The highest BCUT2D eigenvalue weighted by molar-refractivity contribution is 7.98. The van der Waals surface area contributed by atoms with Gasteiger partial charge >= 0.3 is 0 Å². The number of nitrogens with zero attached hydrogens (tertiary/aromatic N) is 5. The third-order valence-corrected chi connectivity index (χ3v) is 5.31. The molecule has 7 nitrogen and oxygen atoms in total. The number of aliphatic hydroxyl groups is 1. The summed E-state index contributed by atoms with van der Waals surface area (Å²) >= 11 is 1.41. The Hall–Kier alpha value is -2.45. The van der Waals surface area contributed by atoms with Crippen molar-refractivity contribution in [2.45, 2.75) is 36.6 Å². The van der Waals surface area contributed by atoms with E-state index in [1.165, 1.54) is 16.4 Å². The zero-order chi connectivity index (χ0) is 18.3. The van der Waals surface area contributed by atoms with Gasteiger partial charge in [0.05, 0.1) is 12.2 Å². The van der Waals surface area contributed by atoms with Crippen LogP contribution in [0.3, 0.4) is 0 Å². The van der Waals surface area contributed by atoms with Crippen LogP contribution in [0, 0.1) is 0 Å². The van der Waals surface area contributed by atoms with Crippen LogP contribution in [0.1, 0.15) is 25.0 Å². The van der Waals surface area contributed by atoms with Crippen molar-refractivity contribution in [1.29, 1.82) is 0 Å². The van der Waals surface area contributed by atoms with Gasteiger partial charge in [0.15, 0.2) is 16.6 Å². The van der Waals surface area contributed by atoms with E-state index in [0.29, 0.717) is 47.1 Å². The van der Waals surface area contributed by atoms with E-state index in [1.54, 1.807) is 17.0 Å². The Morgan fingerprint density at radius 1 is 1.38 bits per heavy atom. The number of fused-ring (bicyclic) bond motifs is 1. The predicted octanol–water partition coefficient (Wildman–Crippen LogP) is 2.26. The molecule has 8 heteroatoms. The Morgan fingerprint density at radius 2 is 2.19 bits per heavy atom. The van der Waals surface area contributed by atoms with Gasteiger partial charge in [0.1, 0.15) is 11.0 Å². The first kappa shape index (κ1) is 17.0. The molecule has 3 heterocycles. The molecule has 0 amide bonds. The molecule has 3 aromatic rings. The summed E-state index contributed by atoms with van der Waals surface area (Å²) in [6.45, 7) is 4.06. The van der Waals surface area contributed by atoms with E-state index in [2.05, 4.69) is 21.5 Å². The quantitative estimate of drug-likeness (QED) is 0.422. The van der Waals surface area contributed by atoms with Gasteiger partial charge in [0, 0.05) is 6.20 Å². The first-order valence-electron chi connectivity index (χ1n) is 8.41. The Balaban J connectivity index is 1.98. The highest BCUT2D eigenvalue weighted by Crippen LogP contribution is 2.40. The summed E-state index contributed by atoms with van der Waals surface area (Å²) < 4.78 is 3.22. The van der Waals surface area contributed by atoms with Crippen LogP contribution < -0.4 is 5.56 Å². The predicted molar refractivity (Wildman–Crippen MR) is 101 cm³/mol. The molecule has 26 heavy (non-hydrogen) atoms. The second-order valence-corrected chi connectivity index (χ2v) is 7.12. The van der Waals surface area contributed by atoms with Crippen molar-refractivity contribution < 1.29 is 5.11 Å². The van der Waals surface area contributed by atoms with Gasteiger partial charge in [0.25, 0.3) is 5.56 Å². The molecule has 0 aliphatic heterocycles. The zero-order valence-electron chi connectivity index (χ0n) is 14.4. The fraction of sp³-hybridized carbons (Fsp3) is 0.333. The van der Waals surface area contributed by atoms with Gasteiger partial charge < -0.3 is 5.11 Å². The fourth-order valence-corrected chi connectivity index (χ4v) is 3.54. The normalized spacial score (nSPS) is 15.8. The lowest BCUT2D eigenvalue weighted by Crippen LogP contribution is -2.35. The number of aromatic nitrogens is 5. The lowest BCUT2D eigenvalue weighted by Gasteiger charge is -2.36. The lowest BCUT2D eigenvalue weighted by molar-refractivity contribution is -0.0426. The Morgan fingerprint density at radius 3 is 2.85 bits per heavy atom. The molecule has 0 aromatic carbocycles. The molecule has 1 aliphatic rings. The topological polar surface area (TPSA) is 85.8 Å². The molecule has 0 radical (unpaired) electrons. The van der Waals surface area contributed by atoms with E-state index < -0.39 is 5.60 Å².